The van der Waals surface area contributed by atoms with Gasteiger partial charge in [-0.1, -0.05) is 34.1 Å². The number of pyridine rings is 1. The summed E-state index contributed by atoms with van der Waals surface area (Å²) in [5.41, 5.74) is 2.58. The molecule has 1 saturated heterocycles. The number of piperidine rings is 1. The molecule has 0 amide bonds. The minimum absolute atomic E-state index is 0.520. The monoisotopic (exact) mass is 289 g/mol. The maximum Gasteiger partial charge on any atom is 0.129 e. The van der Waals surface area contributed by atoms with Gasteiger partial charge in [0, 0.05) is 31.4 Å². The number of hydrogen-bond donors (Lipinski definition) is 1. The van der Waals surface area contributed by atoms with Crippen LogP contribution >= 0.6 is 0 Å². The Bertz CT molecular complexity index is 434. The Kier molecular flexibility index (Phi) is 6.04. The first-order valence-corrected chi connectivity index (χ1v) is 8.60. The fourth-order valence-corrected chi connectivity index (χ4v) is 2.97. The highest BCUT2D eigenvalue weighted by molar-refractivity contribution is 5.43. The number of aryl methyl sites for hydroxylation is 1. The van der Waals surface area contributed by atoms with Crippen LogP contribution in [0.5, 0.6) is 0 Å². The number of anilines is 1. The van der Waals surface area contributed by atoms with Crippen molar-refractivity contribution in [3.63, 3.8) is 0 Å². The summed E-state index contributed by atoms with van der Waals surface area (Å²) in [6, 6.07) is 5.05. The maximum atomic E-state index is 4.85. The van der Waals surface area contributed by atoms with Crippen LogP contribution in [0, 0.1) is 5.92 Å². The van der Waals surface area contributed by atoms with Gasteiger partial charge in [-0.3, -0.25) is 0 Å². The van der Waals surface area contributed by atoms with Crippen molar-refractivity contribution in [2.24, 2.45) is 5.92 Å². The fourth-order valence-electron chi connectivity index (χ4n) is 2.97. The standard InChI is InChI=1S/C18H31N3/c1-5-15-7-9-21(10-8-15)18-12-16(13-19-14(3)4)11-17(6-2)20-18/h11-12,14-15,19H,5-10,13H2,1-4H3. The number of nitrogens with zero attached hydrogens (tertiary/aromatic N) is 2. The Labute approximate surface area is 130 Å². The Morgan fingerprint density at radius 3 is 2.52 bits per heavy atom. The molecule has 2 rings (SSSR count). The summed E-state index contributed by atoms with van der Waals surface area (Å²) in [5.74, 6) is 2.10. The lowest BCUT2D eigenvalue weighted by Gasteiger charge is -2.33. The summed E-state index contributed by atoms with van der Waals surface area (Å²) in [6.07, 6.45) is 4.95. The van der Waals surface area contributed by atoms with Gasteiger partial charge in [-0.15, -0.1) is 0 Å². The molecule has 1 fully saturated rings. The van der Waals surface area contributed by atoms with E-state index in [9.17, 15) is 0 Å². The van der Waals surface area contributed by atoms with Crippen LogP contribution in [0.15, 0.2) is 12.1 Å². The minimum Gasteiger partial charge on any atom is -0.357 e. The summed E-state index contributed by atoms with van der Waals surface area (Å²) < 4.78 is 0. The van der Waals surface area contributed by atoms with Crippen LogP contribution in [0.1, 0.15) is 58.2 Å². The van der Waals surface area contributed by atoms with E-state index >= 15 is 0 Å². The zero-order valence-electron chi connectivity index (χ0n) is 14.2. The van der Waals surface area contributed by atoms with Gasteiger partial charge in [0.05, 0.1) is 0 Å². The molecule has 1 aliphatic rings. The molecule has 118 valence electrons. The summed E-state index contributed by atoms with van der Waals surface area (Å²) in [6.45, 7) is 12.1. The summed E-state index contributed by atoms with van der Waals surface area (Å²) in [4.78, 5) is 7.33. The van der Waals surface area contributed by atoms with E-state index in [1.54, 1.807) is 0 Å². The summed E-state index contributed by atoms with van der Waals surface area (Å²) in [7, 11) is 0. The number of rotatable bonds is 6. The third-order valence-corrected chi connectivity index (χ3v) is 4.52. The van der Waals surface area contributed by atoms with E-state index in [0.717, 1.165) is 32.0 Å². The highest BCUT2D eigenvalue weighted by atomic mass is 15.2. The molecule has 0 saturated carbocycles. The molecule has 0 aliphatic carbocycles. The third-order valence-electron chi connectivity index (χ3n) is 4.52. The van der Waals surface area contributed by atoms with Crippen LogP contribution < -0.4 is 10.2 Å². The van der Waals surface area contributed by atoms with Gasteiger partial charge >= 0.3 is 0 Å². The molecule has 0 radical (unpaired) electrons. The van der Waals surface area contributed by atoms with Gasteiger partial charge in [0.15, 0.2) is 0 Å². The van der Waals surface area contributed by atoms with Crippen LogP contribution in [0.4, 0.5) is 5.82 Å². The van der Waals surface area contributed by atoms with Gasteiger partial charge in [-0.2, -0.15) is 0 Å². The molecule has 0 unspecified atom stereocenters. The molecule has 0 spiro atoms. The molecule has 2 heterocycles. The van der Waals surface area contributed by atoms with Crippen molar-refractivity contribution >= 4 is 5.82 Å². The molecule has 1 aliphatic heterocycles. The van der Waals surface area contributed by atoms with E-state index < -0.39 is 0 Å². The van der Waals surface area contributed by atoms with Crippen molar-refractivity contribution in [1.29, 1.82) is 0 Å². The van der Waals surface area contributed by atoms with Crippen LogP contribution in [0.2, 0.25) is 0 Å². The molecule has 3 heteroatoms. The molecule has 1 N–H and O–H groups in total. The first kappa shape index (κ1) is 16.3. The summed E-state index contributed by atoms with van der Waals surface area (Å²) in [5, 5.41) is 3.51. The fraction of sp³-hybridized carbons (Fsp3) is 0.722. The predicted molar refractivity (Wildman–Crippen MR) is 90.8 cm³/mol. The quantitative estimate of drug-likeness (QED) is 0.864. The van der Waals surface area contributed by atoms with Crippen LogP contribution in [0.25, 0.3) is 0 Å². The number of nitrogens with one attached hydrogen (secondary N) is 1. The van der Waals surface area contributed by atoms with E-state index in [4.69, 9.17) is 4.98 Å². The molecule has 1 aromatic rings. The van der Waals surface area contributed by atoms with Gasteiger partial charge in [0.1, 0.15) is 5.82 Å². The van der Waals surface area contributed by atoms with Gasteiger partial charge in [0.2, 0.25) is 0 Å². The van der Waals surface area contributed by atoms with Crippen molar-refractivity contribution in [3.8, 4) is 0 Å². The highest BCUT2D eigenvalue weighted by Crippen LogP contribution is 2.25. The second kappa shape index (κ2) is 7.79. The van der Waals surface area contributed by atoms with Gasteiger partial charge in [-0.25, -0.2) is 4.98 Å². The van der Waals surface area contributed by atoms with Crippen molar-refractivity contribution in [1.82, 2.24) is 10.3 Å². The Hall–Kier alpha value is -1.09. The Morgan fingerprint density at radius 1 is 1.24 bits per heavy atom. The molecule has 0 aromatic carbocycles. The average molecular weight is 289 g/mol. The van der Waals surface area contributed by atoms with E-state index in [0.29, 0.717) is 6.04 Å². The SMILES string of the molecule is CCc1cc(CNC(C)C)cc(N2CCC(CC)CC2)n1. The lowest BCUT2D eigenvalue weighted by Crippen LogP contribution is -2.34. The predicted octanol–water partition coefficient (Wildman–Crippen LogP) is 3.77. The molecule has 3 nitrogen and oxygen atoms in total. The van der Waals surface area contributed by atoms with Crippen LogP contribution in [-0.4, -0.2) is 24.1 Å². The zero-order valence-corrected chi connectivity index (χ0v) is 14.2. The second-order valence-corrected chi connectivity index (χ2v) is 6.55. The highest BCUT2D eigenvalue weighted by Gasteiger charge is 2.19. The first-order chi connectivity index (χ1) is 10.1. The molecule has 21 heavy (non-hydrogen) atoms. The van der Waals surface area contributed by atoms with Crippen molar-refractivity contribution in [3.05, 3.63) is 23.4 Å². The Morgan fingerprint density at radius 2 is 1.95 bits per heavy atom. The first-order valence-electron chi connectivity index (χ1n) is 8.60. The van der Waals surface area contributed by atoms with E-state index in [-0.39, 0.29) is 0 Å². The molecular formula is C18H31N3. The van der Waals surface area contributed by atoms with Gasteiger partial charge in [-0.05, 0) is 42.9 Å². The zero-order chi connectivity index (χ0) is 15.2. The van der Waals surface area contributed by atoms with Crippen LogP contribution in [-0.2, 0) is 13.0 Å². The minimum atomic E-state index is 0.520. The third kappa shape index (κ3) is 4.70. The molecule has 1 aromatic heterocycles. The second-order valence-electron chi connectivity index (χ2n) is 6.55. The van der Waals surface area contributed by atoms with Crippen molar-refractivity contribution in [2.45, 2.75) is 66.0 Å². The van der Waals surface area contributed by atoms with Gasteiger partial charge in [0.25, 0.3) is 0 Å². The van der Waals surface area contributed by atoms with Gasteiger partial charge < -0.3 is 10.2 Å². The van der Waals surface area contributed by atoms with Crippen molar-refractivity contribution < 1.29 is 0 Å². The average Bonchev–Trinajstić information content (AvgIpc) is 2.52. The molecule has 0 bridgehead atoms. The van der Waals surface area contributed by atoms with E-state index in [1.807, 2.05) is 0 Å². The largest absolute Gasteiger partial charge is 0.357 e. The topological polar surface area (TPSA) is 28.2 Å². The smallest absolute Gasteiger partial charge is 0.129 e. The van der Waals surface area contributed by atoms with Crippen LogP contribution in [0.3, 0.4) is 0 Å². The lowest BCUT2D eigenvalue weighted by molar-refractivity contribution is 0.393. The summed E-state index contributed by atoms with van der Waals surface area (Å²) >= 11 is 0. The van der Waals surface area contributed by atoms with E-state index in [2.05, 4.69) is 50.0 Å². The maximum absolute atomic E-state index is 4.85. The number of aromatic nitrogens is 1. The van der Waals surface area contributed by atoms with E-state index in [1.165, 1.54) is 36.3 Å². The molecular weight excluding hydrogens is 258 g/mol. The lowest BCUT2D eigenvalue weighted by atomic mass is 9.94. The van der Waals surface area contributed by atoms with Crippen molar-refractivity contribution in [2.75, 3.05) is 18.0 Å². The number of hydrogen-bond acceptors (Lipinski definition) is 3. The molecule has 0 atom stereocenters. The normalized spacial score (nSPS) is 16.7. The Balaban J connectivity index is 2.09.